The van der Waals surface area contributed by atoms with Crippen LogP contribution < -0.4 is 10.6 Å². The number of carbonyl (C=O) groups excluding carboxylic acids is 1. The van der Waals surface area contributed by atoms with Crippen LogP contribution in [0.1, 0.15) is 44.6 Å². The third-order valence-corrected chi connectivity index (χ3v) is 4.45. The first-order valence-corrected chi connectivity index (χ1v) is 8.03. The molecular formula is C17H25FN2O2. The van der Waals surface area contributed by atoms with Gasteiger partial charge in [-0.2, -0.15) is 0 Å². The topological polar surface area (TPSA) is 61.4 Å². The number of urea groups is 1. The van der Waals surface area contributed by atoms with Gasteiger partial charge in [0.2, 0.25) is 0 Å². The van der Waals surface area contributed by atoms with E-state index in [0.29, 0.717) is 0 Å². The van der Waals surface area contributed by atoms with Gasteiger partial charge in [0.15, 0.2) is 0 Å². The molecule has 22 heavy (non-hydrogen) atoms. The highest BCUT2D eigenvalue weighted by Crippen LogP contribution is 2.40. The lowest BCUT2D eigenvalue weighted by molar-refractivity contribution is 0.103. The molecule has 0 aliphatic heterocycles. The third kappa shape index (κ3) is 4.44. The number of amides is 2. The number of hydrogen-bond donors (Lipinski definition) is 3. The zero-order valence-electron chi connectivity index (χ0n) is 13.2. The van der Waals surface area contributed by atoms with Crippen molar-refractivity contribution in [2.45, 2.75) is 51.2 Å². The molecule has 122 valence electrons. The largest absolute Gasteiger partial charge is 0.391 e. The van der Waals surface area contributed by atoms with E-state index in [1.807, 2.05) is 19.9 Å². The molecule has 3 atom stereocenters. The fourth-order valence-corrected chi connectivity index (χ4v) is 2.88. The van der Waals surface area contributed by atoms with Crippen LogP contribution in [0.3, 0.4) is 0 Å². The fraction of sp³-hybridized carbons (Fsp3) is 0.588. The van der Waals surface area contributed by atoms with Crippen molar-refractivity contribution in [2.24, 2.45) is 5.92 Å². The minimum atomic E-state index is -0.515. The maximum Gasteiger partial charge on any atom is 0.315 e. The molecule has 2 amide bonds. The number of rotatable bonds is 7. The molecule has 1 aliphatic rings. The maximum atomic E-state index is 13.2. The Morgan fingerprint density at radius 1 is 1.41 bits per heavy atom. The Morgan fingerprint density at radius 2 is 2.14 bits per heavy atom. The van der Waals surface area contributed by atoms with Gasteiger partial charge in [-0.3, -0.25) is 0 Å². The van der Waals surface area contributed by atoms with Crippen molar-refractivity contribution in [1.29, 1.82) is 0 Å². The van der Waals surface area contributed by atoms with Crippen molar-refractivity contribution < 1.29 is 14.3 Å². The summed E-state index contributed by atoms with van der Waals surface area (Å²) in [6.45, 7) is 4.33. The Hall–Kier alpha value is -1.62. The van der Waals surface area contributed by atoms with Crippen LogP contribution in [0.2, 0.25) is 0 Å². The molecule has 0 heterocycles. The Balaban J connectivity index is 1.73. The monoisotopic (exact) mass is 308 g/mol. The number of aliphatic hydroxyl groups is 1. The molecule has 3 N–H and O–H groups in total. The molecule has 2 rings (SSSR count). The SMILES string of the molecule is CCC(CC)C(O)CNC(=O)NC1CC1c1cccc(F)c1. The van der Waals surface area contributed by atoms with E-state index in [0.717, 1.165) is 24.8 Å². The van der Waals surface area contributed by atoms with Gasteiger partial charge in [-0.15, -0.1) is 0 Å². The molecule has 4 nitrogen and oxygen atoms in total. The van der Waals surface area contributed by atoms with Gasteiger partial charge in [0.25, 0.3) is 0 Å². The molecule has 0 saturated heterocycles. The number of carbonyl (C=O) groups is 1. The summed E-state index contributed by atoms with van der Waals surface area (Å²) in [6.07, 6.45) is 2.10. The summed E-state index contributed by atoms with van der Waals surface area (Å²) in [6, 6.07) is 6.28. The number of nitrogens with one attached hydrogen (secondary N) is 2. The Labute approximate surface area is 131 Å². The van der Waals surface area contributed by atoms with Gasteiger partial charge in [0.05, 0.1) is 6.10 Å². The lowest BCUT2D eigenvalue weighted by atomic mass is 9.97. The number of benzene rings is 1. The van der Waals surface area contributed by atoms with Crippen molar-refractivity contribution in [2.75, 3.05) is 6.54 Å². The summed E-state index contributed by atoms with van der Waals surface area (Å²) >= 11 is 0. The quantitative estimate of drug-likeness (QED) is 0.725. The molecule has 5 heteroatoms. The molecule has 1 aromatic carbocycles. The highest BCUT2D eigenvalue weighted by Gasteiger charge is 2.39. The number of aliphatic hydroxyl groups excluding tert-OH is 1. The zero-order valence-corrected chi connectivity index (χ0v) is 13.2. The molecular weight excluding hydrogens is 283 g/mol. The van der Waals surface area contributed by atoms with Gasteiger partial charge in [0, 0.05) is 18.5 Å². The van der Waals surface area contributed by atoms with Crippen LogP contribution in [0.4, 0.5) is 9.18 Å². The zero-order chi connectivity index (χ0) is 16.1. The second-order valence-electron chi connectivity index (χ2n) is 6.00. The Kier molecular flexibility index (Phi) is 5.77. The van der Waals surface area contributed by atoms with E-state index in [-0.39, 0.29) is 36.3 Å². The van der Waals surface area contributed by atoms with Gasteiger partial charge in [-0.05, 0) is 30.0 Å². The average Bonchev–Trinajstić information content (AvgIpc) is 3.25. The number of halogens is 1. The molecule has 0 bridgehead atoms. The van der Waals surface area contributed by atoms with Crippen molar-refractivity contribution in [3.63, 3.8) is 0 Å². The van der Waals surface area contributed by atoms with E-state index in [1.54, 1.807) is 6.07 Å². The summed E-state index contributed by atoms with van der Waals surface area (Å²) < 4.78 is 13.2. The summed E-state index contributed by atoms with van der Waals surface area (Å²) in [5.74, 6) is 0.146. The molecule has 1 fully saturated rings. The van der Waals surface area contributed by atoms with Crippen LogP contribution in [-0.2, 0) is 0 Å². The minimum Gasteiger partial charge on any atom is -0.391 e. The van der Waals surface area contributed by atoms with Crippen LogP contribution in [0, 0.1) is 11.7 Å². The third-order valence-electron chi connectivity index (χ3n) is 4.45. The maximum absolute atomic E-state index is 13.2. The van der Waals surface area contributed by atoms with E-state index >= 15 is 0 Å². The minimum absolute atomic E-state index is 0.0482. The second-order valence-corrected chi connectivity index (χ2v) is 6.00. The Morgan fingerprint density at radius 3 is 2.77 bits per heavy atom. The fourth-order valence-electron chi connectivity index (χ4n) is 2.88. The molecule has 0 radical (unpaired) electrons. The van der Waals surface area contributed by atoms with Gasteiger partial charge in [0.1, 0.15) is 5.82 Å². The van der Waals surface area contributed by atoms with Gasteiger partial charge < -0.3 is 15.7 Å². The first kappa shape index (κ1) is 16.7. The molecule has 1 aliphatic carbocycles. The standard InChI is InChI=1S/C17H25FN2O2/c1-3-11(4-2)16(21)10-19-17(22)20-15-9-14(15)12-6-5-7-13(18)8-12/h5-8,11,14-16,21H,3-4,9-10H2,1-2H3,(H2,19,20,22). The summed E-state index contributed by atoms with van der Waals surface area (Å²) in [7, 11) is 0. The highest BCUT2D eigenvalue weighted by atomic mass is 19.1. The molecule has 1 saturated carbocycles. The molecule has 1 aromatic rings. The predicted molar refractivity (Wildman–Crippen MR) is 84.2 cm³/mol. The predicted octanol–water partition coefficient (Wildman–Crippen LogP) is 2.78. The first-order valence-electron chi connectivity index (χ1n) is 8.03. The lowest BCUT2D eigenvalue weighted by Gasteiger charge is -2.20. The summed E-state index contributed by atoms with van der Waals surface area (Å²) in [5, 5.41) is 15.6. The molecule has 3 unspecified atom stereocenters. The first-order chi connectivity index (χ1) is 10.5. The van der Waals surface area contributed by atoms with Crippen molar-refractivity contribution >= 4 is 6.03 Å². The van der Waals surface area contributed by atoms with Crippen LogP contribution in [0.15, 0.2) is 24.3 Å². The van der Waals surface area contributed by atoms with Crippen LogP contribution in [-0.4, -0.2) is 29.8 Å². The van der Waals surface area contributed by atoms with E-state index in [2.05, 4.69) is 10.6 Å². The summed E-state index contributed by atoms with van der Waals surface area (Å²) in [5.41, 5.74) is 0.919. The van der Waals surface area contributed by atoms with E-state index in [1.165, 1.54) is 12.1 Å². The van der Waals surface area contributed by atoms with Crippen LogP contribution in [0.25, 0.3) is 0 Å². The van der Waals surface area contributed by atoms with Crippen molar-refractivity contribution in [3.05, 3.63) is 35.6 Å². The molecule has 0 aromatic heterocycles. The smallest absolute Gasteiger partial charge is 0.315 e. The summed E-state index contributed by atoms with van der Waals surface area (Å²) in [4.78, 5) is 11.8. The Bertz CT molecular complexity index is 505. The van der Waals surface area contributed by atoms with E-state index in [9.17, 15) is 14.3 Å². The van der Waals surface area contributed by atoms with Crippen molar-refractivity contribution in [1.82, 2.24) is 10.6 Å². The van der Waals surface area contributed by atoms with Crippen LogP contribution >= 0.6 is 0 Å². The highest BCUT2D eigenvalue weighted by molar-refractivity contribution is 5.74. The van der Waals surface area contributed by atoms with Gasteiger partial charge in [-0.25, -0.2) is 9.18 Å². The van der Waals surface area contributed by atoms with Crippen molar-refractivity contribution in [3.8, 4) is 0 Å². The average molecular weight is 308 g/mol. The van der Waals surface area contributed by atoms with Gasteiger partial charge >= 0.3 is 6.03 Å². The lowest BCUT2D eigenvalue weighted by Crippen LogP contribution is -2.42. The normalized spacial score (nSPS) is 21.5. The van der Waals surface area contributed by atoms with Crippen LogP contribution in [0.5, 0.6) is 0 Å². The number of hydrogen-bond acceptors (Lipinski definition) is 2. The molecule has 0 spiro atoms. The van der Waals surface area contributed by atoms with E-state index < -0.39 is 6.10 Å². The van der Waals surface area contributed by atoms with Gasteiger partial charge in [-0.1, -0.05) is 38.8 Å². The van der Waals surface area contributed by atoms with E-state index in [4.69, 9.17) is 0 Å². The second kappa shape index (κ2) is 7.58.